The van der Waals surface area contributed by atoms with Crippen LogP contribution in [0.3, 0.4) is 0 Å². The van der Waals surface area contributed by atoms with E-state index in [0.29, 0.717) is 34.6 Å². The quantitative estimate of drug-likeness (QED) is 0.371. The van der Waals surface area contributed by atoms with Crippen molar-refractivity contribution in [1.29, 1.82) is 0 Å². The van der Waals surface area contributed by atoms with Gasteiger partial charge in [-0.15, -0.1) is 0 Å². The van der Waals surface area contributed by atoms with Gasteiger partial charge in [0.2, 0.25) is 5.76 Å². The van der Waals surface area contributed by atoms with Crippen LogP contribution in [-0.4, -0.2) is 30.6 Å². The van der Waals surface area contributed by atoms with E-state index in [0.717, 1.165) is 16.9 Å². The summed E-state index contributed by atoms with van der Waals surface area (Å²) in [5, 5.41) is 0.667. The van der Waals surface area contributed by atoms with Crippen LogP contribution in [0.25, 0.3) is 11.0 Å². The molecule has 0 bridgehead atoms. The molecule has 9 heteroatoms. The first-order valence-corrected chi connectivity index (χ1v) is 11.8. The molecule has 1 aliphatic heterocycles. The van der Waals surface area contributed by atoms with Crippen molar-refractivity contribution in [3.05, 3.63) is 85.7 Å². The fourth-order valence-electron chi connectivity index (χ4n) is 4.31. The van der Waals surface area contributed by atoms with E-state index in [-0.39, 0.29) is 26.8 Å². The number of hydrogen-bond acceptors (Lipinski definition) is 8. The van der Waals surface area contributed by atoms with Crippen molar-refractivity contribution in [2.45, 2.75) is 26.8 Å². The van der Waals surface area contributed by atoms with Crippen molar-refractivity contribution in [3.8, 4) is 5.75 Å². The van der Waals surface area contributed by atoms with Gasteiger partial charge < -0.3 is 13.9 Å². The molecule has 4 aromatic rings. The summed E-state index contributed by atoms with van der Waals surface area (Å²) in [5.74, 6) is -0.472. The van der Waals surface area contributed by atoms with Gasteiger partial charge in [-0.25, -0.2) is 9.78 Å². The van der Waals surface area contributed by atoms with Crippen LogP contribution in [0.15, 0.2) is 51.7 Å². The molecule has 1 aliphatic rings. The summed E-state index contributed by atoms with van der Waals surface area (Å²) in [4.78, 5) is 45.9. The molecule has 0 radical (unpaired) electrons. The van der Waals surface area contributed by atoms with Gasteiger partial charge in [0, 0.05) is 0 Å². The maximum absolute atomic E-state index is 13.8. The van der Waals surface area contributed by atoms with E-state index in [2.05, 4.69) is 4.98 Å². The lowest BCUT2D eigenvalue weighted by molar-refractivity contribution is 0.0605. The summed E-state index contributed by atoms with van der Waals surface area (Å²) in [7, 11) is 1.29. The van der Waals surface area contributed by atoms with Crippen molar-refractivity contribution in [2.24, 2.45) is 0 Å². The van der Waals surface area contributed by atoms with E-state index in [4.69, 9.17) is 13.9 Å². The number of anilines is 1. The molecule has 0 N–H and O–H groups in total. The van der Waals surface area contributed by atoms with Crippen molar-refractivity contribution in [1.82, 2.24) is 4.98 Å². The summed E-state index contributed by atoms with van der Waals surface area (Å²) >= 11 is 1.03. The molecule has 1 atom stereocenters. The topological polar surface area (TPSA) is 98.9 Å². The van der Waals surface area contributed by atoms with Gasteiger partial charge in [-0.05, 0) is 50.6 Å². The summed E-state index contributed by atoms with van der Waals surface area (Å²) in [6.45, 7) is 5.90. The normalized spacial score (nSPS) is 14.9. The third kappa shape index (κ3) is 3.68. The predicted molar refractivity (Wildman–Crippen MR) is 132 cm³/mol. The van der Waals surface area contributed by atoms with Crippen molar-refractivity contribution < 1.29 is 23.5 Å². The van der Waals surface area contributed by atoms with Crippen molar-refractivity contribution in [3.63, 3.8) is 0 Å². The number of fused-ring (bicyclic) bond motifs is 2. The molecule has 35 heavy (non-hydrogen) atoms. The lowest BCUT2D eigenvalue weighted by atomic mass is 9.98. The largest absolute Gasteiger partial charge is 0.494 e. The molecule has 0 fully saturated rings. The average Bonchev–Trinajstić information content (AvgIpc) is 3.37. The smallest absolute Gasteiger partial charge is 0.350 e. The lowest BCUT2D eigenvalue weighted by Gasteiger charge is -2.23. The van der Waals surface area contributed by atoms with E-state index in [1.54, 1.807) is 31.2 Å². The van der Waals surface area contributed by atoms with Gasteiger partial charge in [0.1, 0.15) is 16.2 Å². The first-order chi connectivity index (χ1) is 16.8. The molecular formula is C26H22N2O6S. The molecular weight excluding hydrogens is 468 g/mol. The van der Waals surface area contributed by atoms with Gasteiger partial charge in [0.25, 0.3) is 5.91 Å². The highest BCUT2D eigenvalue weighted by atomic mass is 32.1. The maximum atomic E-state index is 13.8. The molecule has 8 nitrogen and oxygen atoms in total. The maximum Gasteiger partial charge on any atom is 0.350 e. The van der Waals surface area contributed by atoms with E-state index in [1.165, 1.54) is 12.0 Å². The Morgan fingerprint density at radius 3 is 2.71 bits per heavy atom. The van der Waals surface area contributed by atoms with Gasteiger partial charge in [0.05, 0.1) is 36.4 Å². The van der Waals surface area contributed by atoms with E-state index >= 15 is 0 Å². The minimum Gasteiger partial charge on any atom is -0.494 e. The van der Waals surface area contributed by atoms with Gasteiger partial charge in [-0.2, -0.15) is 0 Å². The number of aromatic nitrogens is 1. The van der Waals surface area contributed by atoms with E-state index in [9.17, 15) is 14.4 Å². The Morgan fingerprint density at radius 1 is 1.17 bits per heavy atom. The number of esters is 1. The average molecular weight is 491 g/mol. The summed E-state index contributed by atoms with van der Waals surface area (Å²) in [6.07, 6.45) is 0. The Morgan fingerprint density at radius 2 is 1.97 bits per heavy atom. The molecule has 5 rings (SSSR count). The number of rotatable bonds is 5. The number of carbonyl (C=O) groups excluding carboxylic acids is 2. The fraction of sp³-hybridized carbons (Fsp3) is 0.231. The Hall–Kier alpha value is -3.98. The number of carbonyl (C=O) groups is 2. The molecule has 0 saturated heterocycles. The zero-order chi connectivity index (χ0) is 24.9. The highest BCUT2D eigenvalue weighted by Gasteiger charge is 2.45. The summed E-state index contributed by atoms with van der Waals surface area (Å²) < 4.78 is 16.5. The number of nitrogens with zero attached hydrogens (tertiary/aromatic N) is 2. The van der Waals surface area contributed by atoms with Crippen molar-refractivity contribution in [2.75, 3.05) is 18.6 Å². The predicted octanol–water partition coefficient (Wildman–Crippen LogP) is 4.80. The molecule has 0 spiro atoms. The standard InChI is InChI=1S/C26H22N2O6S/c1-5-33-16-8-6-7-15(12-16)20-19-21(29)17-11-13(2)9-10-18(17)34-22(19)24(30)28(20)26-27-14(3)23(35-26)25(31)32-4/h6-12,20H,5H2,1-4H3. The molecule has 0 saturated carbocycles. The number of ether oxygens (including phenoxy) is 2. The molecule has 1 amide bonds. The van der Waals surface area contributed by atoms with Crippen LogP contribution >= 0.6 is 11.3 Å². The first kappa shape index (κ1) is 22.8. The number of benzene rings is 2. The Kier molecular flexibility index (Phi) is 5.64. The zero-order valence-corrected chi connectivity index (χ0v) is 20.4. The zero-order valence-electron chi connectivity index (χ0n) is 19.6. The number of methoxy groups -OCH3 is 1. The minimum absolute atomic E-state index is 0.0364. The number of thiazole rings is 1. The lowest BCUT2D eigenvalue weighted by Crippen LogP contribution is -2.29. The fourth-order valence-corrected chi connectivity index (χ4v) is 5.32. The van der Waals surface area contributed by atoms with Crippen LogP contribution in [0.2, 0.25) is 0 Å². The van der Waals surface area contributed by atoms with Gasteiger partial charge >= 0.3 is 5.97 Å². The first-order valence-electron chi connectivity index (χ1n) is 11.0. The monoisotopic (exact) mass is 490 g/mol. The third-order valence-corrected chi connectivity index (χ3v) is 7.01. The SMILES string of the molecule is CCOc1cccc(C2c3c(oc4ccc(C)cc4c3=O)C(=O)N2c2nc(C)c(C(=O)OC)s2)c1. The molecule has 2 aromatic carbocycles. The highest BCUT2D eigenvalue weighted by Crippen LogP contribution is 2.43. The Labute approximate surface area is 204 Å². The van der Waals surface area contributed by atoms with Gasteiger partial charge in [-0.3, -0.25) is 14.5 Å². The summed E-state index contributed by atoms with van der Waals surface area (Å²) in [6, 6.07) is 11.7. The van der Waals surface area contributed by atoms with Crippen LogP contribution in [-0.2, 0) is 4.74 Å². The van der Waals surface area contributed by atoms with Crippen LogP contribution in [0.5, 0.6) is 5.75 Å². The third-order valence-electron chi connectivity index (χ3n) is 5.87. The van der Waals surface area contributed by atoms with Crippen LogP contribution in [0.1, 0.15) is 55.6 Å². The number of aryl methyl sites for hydroxylation is 2. The second kappa shape index (κ2) is 8.66. The van der Waals surface area contributed by atoms with Crippen molar-refractivity contribution >= 4 is 39.3 Å². The van der Waals surface area contributed by atoms with E-state index in [1.807, 2.05) is 32.0 Å². The van der Waals surface area contributed by atoms with Crippen LogP contribution in [0, 0.1) is 13.8 Å². The second-order valence-corrected chi connectivity index (χ2v) is 9.14. The Bertz CT molecular complexity index is 1550. The van der Waals surface area contributed by atoms with Crippen LogP contribution < -0.4 is 15.1 Å². The molecule has 2 aromatic heterocycles. The number of amides is 1. The summed E-state index contributed by atoms with van der Waals surface area (Å²) in [5.41, 5.74) is 2.28. The van der Waals surface area contributed by atoms with E-state index < -0.39 is 17.9 Å². The molecule has 1 unspecified atom stereocenters. The highest BCUT2D eigenvalue weighted by molar-refractivity contribution is 7.17. The van der Waals surface area contributed by atoms with Crippen LogP contribution in [0.4, 0.5) is 5.13 Å². The minimum atomic E-state index is -0.810. The second-order valence-electron chi connectivity index (χ2n) is 8.16. The number of hydrogen-bond donors (Lipinski definition) is 0. The molecule has 3 heterocycles. The Balaban J connectivity index is 1.78. The van der Waals surface area contributed by atoms with Gasteiger partial charge in [-0.1, -0.05) is 35.1 Å². The molecule has 178 valence electrons. The molecule has 0 aliphatic carbocycles. The van der Waals surface area contributed by atoms with Gasteiger partial charge in [0.15, 0.2) is 10.6 Å².